The van der Waals surface area contributed by atoms with Crippen LogP contribution in [0, 0.1) is 0 Å². The van der Waals surface area contributed by atoms with E-state index in [4.69, 9.17) is 10.1 Å². The summed E-state index contributed by atoms with van der Waals surface area (Å²) < 4.78 is 2.62. The van der Waals surface area contributed by atoms with Crippen LogP contribution in [0.25, 0.3) is 10.9 Å². The number of hydrogen-bond acceptors (Lipinski definition) is 4. The molecule has 1 unspecified atom stereocenters. The Balaban J connectivity index is 2.17. The third-order valence-corrected chi connectivity index (χ3v) is 5.57. The largest absolute Gasteiger partial charge is 0.396 e. The van der Waals surface area contributed by atoms with E-state index in [1.165, 1.54) is 11.8 Å². The molecule has 0 fully saturated rings. The lowest BCUT2D eigenvalue weighted by molar-refractivity contribution is 0.296. The van der Waals surface area contributed by atoms with Crippen LogP contribution >= 0.6 is 27.7 Å². The maximum absolute atomic E-state index is 13.2. The second-order valence-electron chi connectivity index (χ2n) is 5.74. The maximum Gasteiger partial charge on any atom is 0.262 e. The first-order valence-electron chi connectivity index (χ1n) is 8.12. The van der Waals surface area contributed by atoms with Gasteiger partial charge in [-0.15, -0.1) is 0 Å². The van der Waals surface area contributed by atoms with Crippen molar-refractivity contribution >= 4 is 38.6 Å². The molecule has 3 aromatic rings. The number of aliphatic hydroxyl groups is 1. The summed E-state index contributed by atoms with van der Waals surface area (Å²) in [6.07, 6.45) is 0.665. The number of rotatable bonds is 6. The van der Waals surface area contributed by atoms with Crippen molar-refractivity contribution in [3.8, 4) is 0 Å². The molecule has 1 heterocycles. The van der Waals surface area contributed by atoms with Gasteiger partial charge in [-0.25, -0.2) is 4.98 Å². The minimum absolute atomic E-state index is 0.0471. The van der Waals surface area contributed by atoms with Crippen LogP contribution < -0.4 is 5.56 Å². The number of thioether (sulfide) groups is 1. The van der Waals surface area contributed by atoms with Crippen molar-refractivity contribution < 1.29 is 5.11 Å². The van der Waals surface area contributed by atoms with Gasteiger partial charge in [-0.2, -0.15) is 0 Å². The molecule has 0 aliphatic rings. The van der Waals surface area contributed by atoms with Gasteiger partial charge in [0.15, 0.2) is 5.16 Å². The van der Waals surface area contributed by atoms with Gasteiger partial charge >= 0.3 is 0 Å². The predicted octanol–water partition coefficient (Wildman–Crippen LogP) is 4.24. The average molecular weight is 419 g/mol. The highest BCUT2D eigenvalue weighted by atomic mass is 79.9. The summed E-state index contributed by atoms with van der Waals surface area (Å²) in [4.78, 5) is 17.9. The van der Waals surface area contributed by atoms with E-state index in [2.05, 4.69) is 15.9 Å². The Morgan fingerprint density at radius 3 is 2.72 bits per heavy atom. The average Bonchev–Trinajstić information content (AvgIpc) is 2.63. The predicted molar refractivity (Wildman–Crippen MR) is 106 cm³/mol. The van der Waals surface area contributed by atoms with E-state index in [0.717, 1.165) is 10.0 Å². The van der Waals surface area contributed by atoms with Gasteiger partial charge in [0.1, 0.15) is 0 Å². The van der Waals surface area contributed by atoms with Crippen molar-refractivity contribution in [2.75, 3.05) is 12.4 Å². The smallest absolute Gasteiger partial charge is 0.262 e. The van der Waals surface area contributed by atoms with Crippen molar-refractivity contribution in [1.82, 2.24) is 9.55 Å². The van der Waals surface area contributed by atoms with Crippen LogP contribution in [0.3, 0.4) is 0 Å². The van der Waals surface area contributed by atoms with Crippen LogP contribution in [-0.2, 0) is 0 Å². The summed E-state index contributed by atoms with van der Waals surface area (Å²) in [6.45, 7) is 2.14. The van der Waals surface area contributed by atoms with Gasteiger partial charge < -0.3 is 5.11 Å². The highest BCUT2D eigenvalue weighted by Crippen LogP contribution is 2.26. The summed E-state index contributed by atoms with van der Waals surface area (Å²) in [5, 5.41) is 10.3. The molecule has 0 radical (unpaired) electrons. The van der Waals surface area contributed by atoms with Crippen molar-refractivity contribution in [2.45, 2.75) is 24.5 Å². The van der Waals surface area contributed by atoms with E-state index in [1.54, 1.807) is 4.57 Å². The number of aromatic nitrogens is 2. The van der Waals surface area contributed by atoms with Gasteiger partial charge in [0, 0.05) is 16.8 Å². The molecule has 1 N–H and O–H groups in total. The van der Waals surface area contributed by atoms with Crippen molar-refractivity contribution in [2.24, 2.45) is 0 Å². The van der Waals surface area contributed by atoms with E-state index >= 15 is 0 Å². The number of nitrogens with zero attached hydrogens (tertiary/aromatic N) is 2. The van der Waals surface area contributed by atoms with Gasteiger partial charge in [0.05, 0.1) is 16.9 Å². The van der Waals surface area contributed by atoms with E-state index in [-0.39, 0.29) is 18.2 Å². The minimum Gasteiger partial charge on any atom is -0.396 e. The first-order valence-corrected chi connectivity index (χ1v) is 9.90. The SMILES string of the molecule is CC(c1ccccc1)n1c(SCCCO)nc2ccc(Br)cc2c1=O. The summed E-state index contributed by atoms with van der Waals surface area (Å²) >= 11 is 4.94. The normalized spacial score (nSPS) is 12.4. The number of halogens is 1. The first kappa shape index (κ1) is 18.2. The van der Waals surface area contributed by atoms with E-state index in [1.807, 2.05) is 55.5 Å². The maximum atomic E-state index is 13.2. The number of benzene rings is 2. The molecule has 0 aliphatic heterocycles. The summed E-state index contributed by atoms with van der Waals surface area (Å²) in [7, 11) is 0. The number of hydrogen-bond donors (Lipinski definition) is 1. The molecule has 2 aromatic carbocycles. The van der Waals surface area contributed by atoms with Crippen LogP contribution in [0.15, 0.2) is 63.0 Å². The second-order valence-corrected chi connectivity index (χ2v) is 7.72. The zero-order valence-electron chi connectivity index (χ0n) is 13.9. The molecule has 6 heteroatoms. The fourth-order valence-electron chi connectivity index (χ4n) is 2.70. The Hall–Kier alpha value is -1.63. The lowest BCUT2D eigenvalue weighted by atomic mass is 10.1. The molecule has 25 heavy (non-hydrogen) atoms. The van der Waals surface area contributed by atoms with Crippen molar-refractivity contribution in [3.63, 3.8) is 0 Å². The van der Waals surface area contributed by atoms with Gasteiger partial charge in [0.2, 0.25) is 0 Å². The number of aliphatic hydroxyl groups excluding tert-OH is 1. The highest BCUT2D eigenvalue weighted by Gasteiger charge is 2.18. The summed E-state index contributed by atoms with van der Waals surface area (Å²) in [5.41, 5.74) is 1.70. The van der Waals surface area contributed by atoms with E-state index in [9.17, 15) is 4.79 Å². The molecular weight excluding hydrogens is 400 g/mol. The fraction of sp³-hybridized carbons (Fsp3) is 0.263. The molecule has 0 amide bonds. The Morgan fingerprint density at radius 2 is 2.00 bits per heavy atom. The lowest BCUT2D eigenvalue weighted by Crippen LogP contribution is -2.27. The molecule has 3 rings (SSSR count). The highest BCUT2D eigenvalue weighted by molar-refractivity contribution is 9.10. The molecule has 4 nitrogen and oxygen atoms in total. The molecule has 130 valence electrons. The zero-order valence-corrected chi connectivity index (χ0v) is 16.3. The second kappa shape index (κ2) is 8.17. The van der Waals surface area contributed by atoms with Crippen LogP contribution in [0.4, 0.5) is 0 Å². The van der Waals surface area contributed by atoms with Crippen molar-refractivity contribution in [3.05, 3.63) is 68.9 Å². The summed E-state index contributed by atoms with van der Waals surface area (Å²) in [5.74, 6) is 0.715. The molecule has 0 saturated heterocycles. The van der Waals surface area contributed by atoms with Crippen LogP contribution in [0.2, 0.25) is 0 Å². The first-order chi connectivity index (χ1) is 12.1. The third kappa shape index (κ3) is 3.97. The van der Waals surface area contributed by atoms with Gasteiger partial charge in [-0.05, 0) is 37.1 Å². The van der Waals surface area contributed by atoms with Crippen LogP contribution in [0.1, 0.15) is 24.9 Å². The van der Waals surface area contributed by atoms with Crippen molar-refractivity contribution in [1.29, 1.82) is 0 Å². The fourth-order valence-corrected chi connectivity index (χ4v) is 4.06. The minimum atomic E-state index is -0.124. The Bertz CT molecular complexity index is 928. The lowest BCUT2D eigenvalue weighted by Gasteiger charge is -2.20. The van der Waals surface area contributed by atoms with Crippen LogP contribution in [0.5, 0.6) is 0 Å². The number of fused-ring (bicyclic) bond motifs is 1. The third-order valence-electron chi connectivity index (χ3n) is 4.03. The topological polar surface area (TPSA) is 55.1 Å². The molecule has 0 aliphatic carbocycles. The standard InChI is InChI=1S/C19H19BrN2O2S/c1-13(14-6-3-2-4-7-14)22-18(24)16-12-15(20)8-9-17(16)21-19(22)25-11-5-10-23/h2-4,6-9,12-13,23H,5,10-11H2,1H3. The van der Waals surface area contributed by atoms with E-state index < -0.39 is 0 Å². The molecule has 0 bridgehead atoms. The zero-order chi connectivity index (χ0) is 17.8. The molecule has 1 aromatic heterocycles. The van der Waals surface area contributed by atoms with Gasteiger partial charge in [-0.1, -0.05) is 58.0 Å². The molecular formula is C19H19BrN2O2S. The van der Waals surface area contributed by atoms with E-state index in [0.29, 0.717) is 28.2 Å². The van der Waals surface area contributed by atoms with Crippen LogP contribution in [-0.4, -0.2) is 27.0 Å². The van der Waals surface area contributed by atoms with Gasteiger partial charge in [-0.3, -0.25) is 9.36 Å². The molecule has 0 spiro atoms. The Kier molecular flexibility index (Phi) is 5.93. The monoisotopic (exact) mass is 418 g/mol. The Labute approximate surface area is 159 Å². The quantitative estimate of drug-likeness (QED) is 0.369. The van der Waals surface area contributed by atoms with Gasteiger partial charge in [0.25, 0.3) is 5.56 Å². The molecule has 1 atom stereocenters. The molecule has 0 saturated carbocycles. The Morgan fingerprint density at radius 1 is 1.24 bits per heavy atom. The summed E-state index contributed by atoms with van der Waals surface area (Å²) in [6, 6.07) is 15.4.